The molecule has 3 aromatic rings. The van der Waals surface area contributed by atoms with Gasteiger partial charge in [0, 0.05) is 6.54 Å². The van der Waals surface area contributed by atoms with Gasteiger partial charge in [0.2, 0.25) is 6.41 Å². The number of amides is 1. The second-order valence-corrected chi connectivity index (χ2v) is 6.52. The summed E-state index contributed by atoms with van der Waals surface area (Å²) in [5.41, 5.74) is 4.44. The minimum absolute atomic E-state index is 0.139. The van der Waals surface area contributed by atoms with E-state index in [2.05, 4.69) is 35.9 Å². The predicted octanol–water partition coefficient (Wildman–Crippen LogP) is 3.93. The predicted molar refractivity (Wildman–Crippen MR) is 103 cm³/mol. The molecule has 0 spiro atoms. The lowest BCUT2D eigenvalue weighted by Crippen LogP contribution is -2.21. The smallest absolute Gasteiger partial charge is 0.207 e. The summed E-state index contributed by atoms with van der Waals surface area (Å²) in [6.45, 7) is 7.53. The number of carbonyl (C=O) groups excluding carboxylic acids is 1. The fourth-order valence-electron chi connectivity index (χ4n) is 3.12. The first-order valence-electron chi connectivity index (χ1n) is 8.95. The van der Waals surface area contributed by atoms with Gasteiger partial charge in [0.15, 0.2) is 0 Å². The van der Waals surface area contributed by atoms with E-state index >= 15 is 0 Å². The van der Waals surface area contributed by atoms with E-state index in [1.54, 1.807) is 0 Å². The van der Waals surface area contributed by atoms with Crippen LogP contribution in [0.2, 0.25) is 0 Å². The highest BCUT2D eigenvalue weighted by Crippen LogP contribution is 2.22. The SMILES string of the molecule is Cc1cccc(OCCCn2c(C(C)NC=O)nc3ccccc32)c1C. The number of hydrogen-bond donors (Lipinski definition) is 1. The van der Waals surface area contributed by atoms with Gasteiger partial charge in [-0.2, -0.15) is 0 Å². The first kappa shape index (κ1) is 18.0. The average Bonchev–Trinajstić information content (AvgIpc) is 3.01. The Morgan fingerprint density at radius 2 is 2.00 bits per heavy atom. The zero-order chi connectivity index (χ0) is 18.5. The van der Waals surface area contributed by atoms with Crippen molar-refractivity contribution in [2.75, 3.05) is 6.61 Å². The molecular weight excluding hydrogens is 326 g/mol. The van der Waals surface area contributed by atoms with Crippen LogP contribution >= 0.6 is 0 Å². The van der Waals surface area contributed by atoms with E-state index in [-0.39, 0.29) is 6.04 Å². The van der Waals surface area contributed by atoms with Crippen LogP contribution in [-0.2, 0) is 11.3 Å². The van der Waals surface area contributed by atoms with Gasteiger partial charge in [-0.15, -0.1) is 0 Å². The van der Waals surface area contributed by atoms with E-state index in [0.717, 1.165) is 42.0 Å². The topological polar surface area (TPSA) is 56.1 Å². The summed E-state index contributed by atoms with van der Waals surface area (Å²) in [5, 5.41) is 2.80. The van der Waals surface area contributed by atoms with E-state index < -0.39 is 0 Å². The number of carbonyl (C=O) groups is 1. The first-order valence-corrected chi connectivity index (χ1v) is 8.95. The Bertz CT molecular complexity index is 901. The lowest BCUT2D eigenvalue weighted by Gasteiger charge is -2.15. The highest BCUT2D eigenvalue weighted by molar-refractivity contribution is 5.76. The lowest BCUT2D eigenvalue weighted by atomic mass is 10.1. The first-order chi connectivity index (χ1) is 12.6. The number of imidazole rings is 1. The van der Waals surface area contributed by atoms with Crippen molar-refractivity contribution in [2.24, 2.45) is 0 Å². The summed E-state index contributed by atoms with van der Waals surface area (Å²) in [5.74, 6) is 1.81. The van der Waals surface area contributed by atoms with Gasteiger partial charge >= 0.3 is 0 Å². The average molecular weight is 351 g/mol. The van der Waals surface area contributed by atoms with Crippen LogP contribution in [0.1, 0.15) is 36.3 Å². The summed E-state index contributed by atoms with van der Waals surface area (Å²) in [6.07, 6.45) is 1.58. The second-order valence-electron chi connectivity index (χ2n) is 6.52. The minimum atomic E-state index is -0.139. The molecule has 1 heterocycles. The van der Waals surface area contributed by atoms with Crippen molar-refractivity contribution in [1.82, 2.24) is 14.9 Å². The van der Waals surface area contributed by atoms with Gasteiger partial charge < -0.3 is 14.6 Å². The summed E-state index contributed by atoms with van der Waals surface area (Å²) >= 11 is 0. The Hall–Kier alpha value is -2.82. The fraction of sp³-hybridized carbons (Fsp3) is 0.333. The van der Waals surface area contributed by atoms with Crippen LogP contribution in [0.3, 0.4) is 0 Å². The second kappa shape index (κ2) is 8.04. The normalized spacial score (nSPS) is 12.1. The molecule has 0 aliphatic carbocycles. The van der Waals surface area contributed by atoms with E-state index in [4.69, 9.17) is 9.72 Å². The van der Waals surface area contributed by atoms with E-state index in [1.165, 1.54) is 11.1 Å². The molecule has 26 heavy (non-hydrogen) atoms. The Morgan fingerprint density at radius 1 is 1.19 bits per heavy atom. The Labute approximate surface area is 154 Å². The molecule has 0 aliphatic heterocycles. The number of rotatable bonds is 8. The number of nitrogens with zero attached hydrogens (tertiary/aromatic N) is 2. The van der Waals surface area contributed by atoms with Crippen molar-refractivity contribution in [3.8, 4) is 5.75 Å². The van der Waals surface area contributed by atoms with Crippen molar-refractivity contribution in [2.45, 2.75) is 39.8 Å². The van der Waals surface area contributed by atoms with Crippen LogP contribution < -0.4 is 10.1 Å². The number of nitrogens with one attached hydrogen (secondary N) is 1. The molecule has 0 bridgehead atoms. The quantitative estimate of drug-likeness (QED) is 0.494. The molecular formula is C21H25N3O2. The number of fused-ring (bicyclic) bond motifs is 1. The highest BCUT2D eigenvalue weighted by atomic mass is 16.5. The van der Waals surface area contributed by atoms with Crippen LogP contribution in [0.25, 0.3) is 11.0 Å². The number of aromatic nitrogens is 2. The molecule has 0 saturated carbocycles. The van der Waals surface area contributed by atoms with Gasteiger partial charge in [-0.3, -0.25) is 4.79 Å². The Kier molecular flexibility index (Phi) is 5.56. The van der Waals surface area contributed by atoms with Crippen LogP contribution in [0.4, 0.5) is 0 Å². The molecule has 136 valence electrons. The molecule has 1 aromatic heterocycles. The molecule has 0 saturated heterocycles. The van der Waals surface area contributed by atoms with Crippen molar-refractivity contribution in [3.63, 3.8) is 0 Å². The van der Waals surface area contributed by atoms with Gasteiger partial charge in [0.05, 0.1) is 23.7 Å². The molecule has 1 N–H and O–H groups in total. The third-order valence-electron chi connectivity index (χ3n) is 4.73. The largest absolute Gasteiger partial charge is 0.493 e. The van der Waals surface area contributed by atoms with Crippen LogP contribution in [0.5, 0.6) is 5.75 Å². The number of para-hydroxylation sites is 2. The third kappa shape index (κ3) is 3.72. The van der Waals surface area contributed by atoms with Gasteiger partial charge in [-0.05, 0) is 56.5 Å². The molecule has 5 heteroatoms. The zero-order valence-electron chi connectivity index (χ0n) is 15.5. The van der Waals surface area contributed by atoms with Crippen molar-refractivity contribution >= 4 is 17.4 Å². The van der Waals surface area contributed by atoms with E-state index in [9.17, 15) is 4.79 Å². The van der Waals surface area contributed by atoms with Crippen LogP contribution in [0.15, 0.2) is 42.5 Å². The third-order valence-corrected chi connectivity index (χ3v) is 4.73. The number of hydrogen-bond acceptors (Lipinski definition) is 3. The molecule has 2 aromatic carbocycles. The van der Waals surface area contributed by atoms with Gasteiger partial charge in [-0.1, -0.05) is 24.3 Å². The van der Waals surface area contributed by atoms with Crippen molar-refractivity contribution in [1.29, 1.82) is 0 Å². The standard InChI is InChI=1S/C21H25N3O2/c1-15-8-6-11-20(16(15)2)26-13-7-12-24-19-10-5-4-9-18(19)23-21(24)17(3)22-14-25/h4-6,8-11,14,17H,7,12-13H2,1-3H3,(H,22,25). The van der Waals surface area contributed by atoms with Gasteiger partial charge in [0.1, 0.15) is 11.6 Å². The lowest BCUT2D eigenvalue weighted by molar-refractivity contribution is -0.110. The number of ether oxygens (including phenoxy) is 1. The van der Waals surface area contributed by atoms with E-state index in [0.29, 0.717) is 6.61 Å². The maximum Gasteiger partial charge on any atom is 0.207 e. The maximum absolute atomic E-state index is 10.8. The number of aryl methyl sites for hydroxylation is 2. The molecule has 1 amide bonds. The summed E-state index contributed by atoms with van der Waals surface area (Å²) < 4.78 is 8.14. The molecule has 5 nitrogen and oxygen atoms in total. The highest BCUT2D eigenvalue weighted by Gasteiger charge is 2.15. The van der Waals surface area contributed by atoms with Crippen LogP contribution in [0, 0.1) is 13.8 Å². The molecule has 1 atom stereocenters. The summed E-state index contributed by atoms with van der Waals surface area (Å²) in [7, 11) is 0. The number of benzene rings is 2. The fourth-order valence-corrected chi connectivity index (χ4v) is 3.12. The Morgan fingerprint density at radius 3 is 2.81 bits per heavy atom. The maximum atomic E-state index is 10.8. The van der Waals surface area contributed by atoms with Crippen molar-refractivity contribution < 1.29 is 9.53 Å². The zero-order valence-corrected chi connectivity index (χ0v) is 15.5. The molecule has 1 unspecified atom stereocenters. The monoisotopic (exact) mass is 351 g/mol. The van der Waals surface area contributed by atoms with Gasteiger partial charge in [0.25, 0.3) is 0 Å². The molecule has 0 aliphatic rings. The van der Waals surface area contributed by atoms with Crippen molar-refractivity contribution in [3.05, 3.63) is 59.4 Å². The summed E-state index contributed by atoms with van der Waals surface area (Å²) in [4.78, 5) is 15.5. The molecule has 3 rings (SSSR count). The molecule has 0 fully saturated rings. The Balaban J connectivity index is 1.72. The van der Waals surface area contributed by atoms with Gasteiger partial charge in [-0.25, -0.2) is 4.98 Å². The van der Waals surface area contributed by atoms with Crippen LogP contribution in [-0.4, -0.2) is 22.6 Å². The minimum Gasteiger partial charge on any atom is -0.493 e. The molecule has 0 radical (unpaired) electrons. The summed E-state index contributed by atoms with van der Waals surface area (Å²) in [6, 6.07) is 14.0. The van der Waals surface area contributed by atoms with E-state index in [1.807, 2.05) is 37.3 Å².